The molecule has 1 rings (SSSR count). The Labute approximate surface area is 103 Å². The second kappa shape index (κ2) is 6.94. The lowest BCUT2D eigenvalue weighted by atomic mass is 10.1. The maximum absolute atomic E-state index is 13.0. The number of thioether (sulfide) groups is 1. The van der Waals surface area contributed by atoms with Crippen LogP contribution in [0.25, 0.3) is 0 Å². The van der Waals surface area contributed by atoms with Crippen LogP contribution in [0.5, 0.6) is 0 Å². The van der Waals surface area contributed by atoms with Gasteiger partial charge in [-0.2, -0.15) is 11.8 Å². The molecule has 1 aromatic rings. The Hall–Kier alpha value is -1.51. The zero-order valence-corrected chi connectivity index (χ0v) is 10.1. The molecule has 0 aromatic heterocycles. The molecular formula is C12H12FNO2S. The van der Waals surface area contributed by atoms with Gasteiger partial charge >= 0.3 is 0 Å². The first kappa shape index (κ1) is 13.6. The van der Waals surface area contributed by atoms with Crippen molar-refractivity contribution in [3.63, 3.8) is 0 Å². The summed E-state index contributed by atoms with van der Waals surface area (Å²) < 4.78 is 13.0. The van der Waals surface area contributed by atoms with Crippen LogP contribution < -0.4 is 5.32 Å². The Morgan fingerprint density at radius 2 is 2.35 bits per heavy atom. The van der Waals surface area contributed by atoms with E-state index in [1.165, 1.54) is 30.0 Å². The minimum Gasteiger partial charge on any atom is -0.384 e. The van der Waals surface area contributed by atoms with Crippen molar-refractivity contribution in [3.8, 4) is 11.8 Å². The minimum absolute atomic E-state index is 0.170. The second-order valence-corrected chi connectivity index (χ2v) is 4.00. The van der Waals surface area contributed by atoms with Crippen LogP contribution in [0.15, 0.2) is 18.2 Å². The molecule has 3 nitrogen and oxygen atoms in total. The number of hydrogen-bond acceptors (Lipinski definition) is 3. The fourth-order valence-corrected chi connectivity index (χ4v) is 1.52. The van der Waals surface area contributed by atoms with Gasteiger partial charge < -0.3 is 10.4 Å². The number of aliphatic hydroxyl groups excluding tert-OH is 1. The first-order chi connectivity index (χ1) is 8.17. The van der Waals surface area contributed by atoms with Gasteiger partial charge in [0, 0.05) is 0 Å². The standard InChI is InChI=1S/C12H12FNO2S/c1-17-8-12(16)14-11-5-4-10(13)7-9(11)3-2-6-15/h4-5,7,15H,6,8H2,1H3,(H,14,16). The first-order valence-corrected chi connectivity index (χ1v) is 6.25. The van der Waals surface area contributed by atoms with Crippen LogP contribution in [0.3, 0.4) is 0 Å². The summed E-state index contributed by atoms with van der Waals surface area (Å²) in [5.74, 6) is 4.73. The van der Waals surface area contributed by atoms with Gasteiger partial charge in [0.25, 0.3) is 0 Å². The number of benzene rings is 1. The van der Waals surface area contributed by atoms with Crippen molar-refractivity contribution in [1.29, 1.82) is 0 Å². The lowest BCUT2D eigenvalue weighted by molar-refractivity contribution is -0.113. The van der Waals surface area contributed by atoms with E-state index >= 15 is 0 Å². The zero-order chi connectivity index (χ0) is 12.7. The molecule has 90 valence electrons. The molecule has 1 aromatic carbocycles. The molecule has 0 aliphatic heterocycles. The van der Waals surface area contributed by atoms with Gasteiger partial charge in [-0.25, -0.2) is 4.39 Å². The van der Waals surface area contributed by atoms with Crippen molar-refractivity contribution in [2.24, 2.45) is 0 Å². The van der Waals surface area contributed by atoms with Crippen LogP contribution in [0.1, 0.15) is 5.56 Å². The Bertz CT molecular complexity index is 465. The van der Waals surface area contributed by atoms with E-state index in [2.05, 4.69) is 17.2 Å². The number of hydrogen-bond donors (Lipinski definition) is 2. The van der Waals surface area contributed by atoms with Gasteiger partial charge in [0.2, 0.25) is 5.91 Å². The minimum atomic E-state index is -0.435. The van der Waals surface area contributed by atoms with Crippen molar-refractivity contribution in [2.75, 3.05) is 23.9 Å². The number of carbonyl (C=O) groups excluding carboxylic acids is 1. The van der Waals surface area contributed by atoms with Crippen LogP contribution in [0, 0.1) is 17.7 Å². The third-order valence-electron chi connectivity index (χ3n) is 1.83. The van der Waals surface area contributed by atoms with Gasteiger partial charge in [-0.15, -0.1) is 0 Å². The molecule has 1 amide bonds. The van der Waals surface area contributed by atoms with E-state index in [-0.39, 0.29) is 12.5 Å². The summed E-state index contributed by atoms with van der Waals surface area (Å²) in [7, 11) is 0. The van der Waals surface area contributed by atoms with E-state index in [4.69, 9.17) is 5.11 Å². The number of aliphatic hydroxyl groups is 1. The monoisotopic (exact) mass is 253 g/mol. The third-order valence-corrected chi connectivity index (χ3v) is 2.38. The van der Waals surface area contributed by atoms with Gasteiger partial charge in [0.1, 0.15) is 12.4 Å². The molecule has 0 heterocycles. The quantitative estimate of drug-likeness (QED) is 0.802. The van der Waals surface area contributed by atoms with Crippen LogP contribution in [0.4, 0.5) is 10.1 Å². The molecule has 0 aliphatic rings. The highest BCUT2D eigenvalue weighted by Crippen LogP contribution is 2.16. The zero-order valence-electron chi connectivity index (χ0n) is 9.29. The number of amides is 1. The van der Waals surface area contributed by atoms with Crippen molar-refractivity contribution >= 4 is 23.4 Å². The number of carbonyl (C=O) groups is 1. The maximum Gasteiger partial charge on any atom is 0.234 e. The topological polar surface area (TPSA) is 49.3 Å². The van der Waals surface area contributed by atoms with E-state index in [1.54, 1.807) is 0 Å². The molecule has 0 bridgehead atoms. The highest BCUT2D eigenvalue weighted by Gasteiger charge is 2.06. The van der Waals surface area contributed by atoms with E-state index in [9.17, 15) is 9.18 Å². The van der Waals surface area contributed by atoms with E-state index in [1.807, 2.05) is 6.26 Å². The van der Waals surface area contributed by atoms with Gasteiger partial charge in [0.05, 0.1) is 17.0 Å². The number of rotatable bonds is 3. The molecular weight excluding hydrogens is 241 g/mol. The van der Waals surface area contributed by atoms with Crippen molar-refractivity contribution < 1.29 is 14.3 Å². The Kier molecular flexibility index (Phi) is 5.53. The molecule has 0 saturated heterocycles. The van der Waals surface area contributed by atoms with Crippen molar-refractivity contribution in [1.82, 2.24) is 0 Å². The summed E-state index contributed by atoms with van der Waals surface area (Å²) in [5, 5.41) is 11.2. The smallest absolute Gasteiger partial charge is 0.234 e. The summed E-state index contributed by atoms with van der Waals surface area (Å²) in [4.78, 5) is 11.4. The van der Waals surface area contributed by atoms with Crippen LogP contribution in [-0.2, 0) is 4.79 Å². The maximum atomic E-state index is 13.0. The van der Waals surface area contributed by atoms with E-state index < -0.39 is 5.82 Å². The van der Waals surface area contributed by atoms with Crippen LogP contribution in [-0.4, -0.2) is 29.6 Å². The molecule has 17 heavy (non-hydrogen) atoms. The molecule has 0 aliphatic carbocycles. The molecule has 0 fully saturated rings. The Balaban J connectivity index is 2.94. The largest absolute Gasteiger partial charge is 0.384 e. The lowest BCUT2D eigenvalue weighted by Gasteiger charge is -2.06. The van der Waals surface area contributed by atoms with Crippen molar-refractivity contribution in [2.45, 2.75) is 0 Å². The summed E-state index contributed by atoms with van der Waals surface area (Å²) >= 11 is 1.39. The molecule has 0 spiro atoms. The molecule has 0 saturated carbocycles. The molecule has 5 heteroatoms. The summed E-state index contributed by atoms with van der Waals surface area (Å²) in [6.07, 6.45) is 1.82. The predicted octanol–water partition coefficient (Wildman–Crippen LogP) is 1.47. The van der Waals surface area contributed by atoms with Crippen LogP contribution in [0.2, 0.25) is 0 Å². The molecule has 0 atom stereocenters. The number of halogens is 1. The highest BCUT2D eigenvalue weighted by atomic mass is 32.2. The fraction of sp³-hybridized carbons (Fsp3) is 0.250. The van der Waals surface area contributed by atoms with Gasteiger partial charge in [-0.3, -0.25) is 4.79 Å². The van der Waals surface area contributed by atoms with Gasteiger partial charge in [-0.1, -0.05) is 11.8 Å². The summed E-state index contributed by atoms with van der Waals surface area (Å²) in [5.41, 5.74) is 0.805. The SMILES string of the molecule is CSCC(=O)Nc1ccc(F)cc1C#CCO. The predicted molar refractivity (Wildman–Crippen MR) is 67.4 cm³/mol. The van der Waals surface area contributed by atoms with Crippen LogP contribution >= 0.6 is 11.8 Å². The fourth-order valence-electron chi connectivity index (χ4n) is 1.18. The van der Waals surface area contributed by atoms with Crippen molar-refractivity contribution in [3.05, 3.63) is 29.6 Å². The highest BCUT2D eigenvalue weighted by molar-refractivity contribution is 7.99. The number of nitrogens with one attached hydrogen (secondary N) is 1. The number of anilines is 1. The summed E-state index contributed by atoms with van der Waals surface area (Å²) in [6, 6.07) is 3.92. The van der Waals surface area contributed by atoms with Gasteiger partial charge in [-0.05, 0) is 24.5 Å². The molecule has 2 N–H and O–H groups in total. The Morgan fingerprint density at radius 3 is 3.00 bits per heavy atom. The first-order valence-electron chi connectivity index (χ1n) is 4.85. The van der Waals surface area contributed by atoms with E-state index in [0.29, 0.717) is 17.0 Å². The normalized spacial score (nSPS) is 9.35. The average molecular weight is 253 g/mol. The molecule has 0 radical (unpaired) electrons. The average Bonchev–Trinajstić information content (AvgIpc) is 2.30. The summed E-state index contributed by atoms with van der Waals surface area (Å²) in [6.45, 7) is -0.311. The Morgan fingerprint density at radius 1 is 1.59 bits per heavy atom. The van der Waals surface area contributed by atoms with Gasteiger partial charge in [0.15, 0.2) is 0 Å². The lowest BCUT2D eigenvalue weighted by Crippen LogP contribution is -2.14. The second-order valence-electron chi connectivity index (χ2n) is 3.13. The van der Waals surface area contributed by atoms with E-state index in [0.717, 1.165) is 0 Å². The third kappa shape index (κ3) is 4.47. The molecule has 0 unspecified atom stereocenters.